The second-order valence-corrected chi connectivity index (χ2v) is 4.73. The maximum Gasteiger partial charge on any atom is 0.223 e. The van der Waals surface area contributed by atoms with Gasteiger partial charge in [0, 0.05) is 23.5 Å². The summed E-state index contributed by atoms with van der Waals surface area (Å²) < 4.78 is 19.3. The SMILES string of the molecule is O=C([O-])C/C(=C\c1ccccc1F)c1nc2ccccc2o1. The first kappa shape index (κ1) is 14.0. The van der Waals surface area contributed by atoms with E-state index in [2.05, 4.69) is 4.98 Å². The number of nitrogens with zero attached hydrogens (tertiary/aromatic N) is 1. The van der Waals surface area contributed by atoms with Crippen molar-refractivity contribution in [3.8, 4) is 0 Å². The molecule has 22 heavy (non-hydrogen) atoms. The Hall–Kier alpha value is -2.95. The zero-order valence-corrected chi connectivity index (χ0v) is 11.5. The first-order chi connectivity index (χ1) is 10.6. The lowest BCUT2D eigenvalue weighted by atomic mass is 10.1. The molecule has 3 aromatic rings. The Labute approximate surface area is 125 Å². The number of aromatic nitrogens is 1. The largest absolute Gasteiger partial charge is 0.550 e. The molecule has 1 aromatic heterocycles. The number of carboxylic acids is 1. The van der Waals surface area contributed by atoms with Crippen molar-refractivity contribution in [3.05, 3.63) is 65.8 Å². The Morgan fingerprint density at radius 3 is 2.64 bits per heavy atom. The number of oxazole rings is 1. The highest BCUT2D eigenvalue weighted by molar-refractivity contribution is 5.90. The number of carbonyl (C=O) groups is 1. The molecule has 0 N–H and O–H groups in total. The average Bonchev–Trinajstić information content (AvgIpc) is 2.92. The predicted molar refractivity (Wildman–Crippen MR) is 77.9 cm³/mol. The molecule has 0 aliphatic rings. The molecule has 4 nitrogen and oxygen atoms in total. The van der Waals surface area contributed by atoms with Crippen LogP contribution in [-0.2, 0) is 4.79 Å². The molecular formula is C17H11FNO3-. The van der Waals surface area contributed by atoms with Crippen LogP contribution in [0.4, 0.5) is 4.39 Å². The fourth-order valence-corrected chi connectivity index (χ4v) is 2.13. The number of carboxylic acid groups (broad SMARTS) is 1. The molecule has 0 aliphatic carbocycles. The van der Waals surface area contributed by atoms with Crippen LogP contribution in [0.3, 0.4) is 0 Å². The Bertz CT molecular complexity index is 834. The number of aliphatic carboxylic acids is 1. The molecule has 0 bridgehead atoms. The van der Waals surface area contributed by atoms with Crippen molar-refractivity contribution >= 4 is 28.7 Å². The number of halogens is 1. The summed E-state index contributed by atoms with van der Waals surface area (Å²) in [6.07, 6.45) is 0.997. The van der Waals surface area contributed by atoms with Gasteiger partial charge in [0.2, 0.25) is 5.89 Å². The molecule has 0 saturated heterocycles. The lowest BCUT2D eigenvalue weighted by Crippen LogP contribution is -2.22. The summed E-state index contributed by atoms with van der Waals surface area (Å²) in [6, 6.07) is 13.1. The summed E-state index contributed by atoms with van der Waals surface area (Å²) in [7, 11) is 0. The summed E-state index contributed by atoms with van der Waals surface area (Å²) in [6.45, 7) is 0. The third-order valence-electron chi connectivity index (χ3n) is 3.14. The fourth-order valence-electron chi connectivity index (χ4n) is 2.13. The van der Waals surface area contributed by atoms with Gasteiger partial charge in [-0.25, -0.2) is 9.37 Å². The molecule has 0 fully saturated rings. The van der Waals surface area contributed by atoms with Gasteiger partial charge in [0.25, 0.3) is 0 Å². The van der Waals surface area contributed by atoms with E-state index in [9.17, 15) is 14.3 Å². The van der Waals surface area contributed by atoms with Gasteiger partial charge in [0.05, 0.1) is 0 Å². The predicted octanol–water partition coefficient (Wildman–Crippen LogP) is 2.65. The Morgan fingerprint density at radius 1 is 1.18 bits per heavy atom. The number of para-hydroxylation sites is 2. The minimum absolute atomic E-state index is 0.147. The van der Waals surface area contributed by atoms with Gasteiger partial charge in [0.15, 0.2) is 5.58 Å². The summed E-state index contributed by atoms with van der Waals surface area (Å²) >= 11 is 0. The normalized spacial score (nSPS) is 11.8. The summed E-state index contributed by atoms with van der Waals surface area (Å²) in [5, 5.41) is 11.0. The van der Waals surface area contributed by atoms with Gasteiger partial charge < -0.3 is 14.3 Å². The number of carbonyl (C=O) groups excluding carboxylic acids is 1. The van der Waals surface area contributed by atoms with Crippen molar-refractivity contribution < 1.29 is 18.7 Å². The third kappa shape index (κ3) is 2.88. The van der Waals surface area contributed by atoms with Crippen LogP contribution < -0.4 is 5.11 Å². The molecule has 0 saturated carbocycles. The number of benzene rings is 2. The average molecular weight is 296 g/mol. The van der Waals surface area contributed by atoms with Gasteiger partial charge in [-0.05, 0) is 24.3 Å². The van der Waals surface area contributed by atoms with E-state index in [1.807, 2.05) is 0 Å². The molecule has 5 heteroatoms. The number of rotatable bonds is 4. The fraction of sp³-hybridized carbons (Fsp3) is 0.0588. The molecule has 0 amide bonds. The van der Waals surface area contributed by atoms with Crippen LogP contribution in [0, 0.1) is 5.82 Å². The standard InChI is InChI=1S/C17H12FNO3/c18-13-6-2-1-5-11(13)9-12(10-16(20)21)17-19-14-7-3-4-8-15(14)22-17/h1-9H,10H2,(H,20,21)/p-1/b12-9+. The van der Waals surface area contributed by atoms with Crippen LogP contribution in [0.15, 0.2) is 52.9 Å². The minimum Gasteiger partial charge on any atom is -0.550 e. The zero-order valence-electron chi connectivity index (χ0n) is 11.5. The highest BCUT2D eigenvalue weighted by Crippen LogP contribution is 2.25. The van der Waals surface area contributed by atoms with Crippen LogP contribution >= 0.6 is 0 Å². The van der Waals surface area contributed by atoms with E-state index in [0.717, 1.165) is 0 Å². The molecule has 1 heterocycles. The Morgan fingerprint density at radius 2 is 1.91 bits per heavy atom. The van der Waals surface area contributed by atoms with E-state index < -0.39 is 18.2 Å². The smallest absolute Gasteiger partial charge is 0.223 e. The molecule has 0 aliphatic heterocycles. The third-order valence-corrected chi connectivity index (χ3v) is 3.14. The van der Waals surface area contributed by atoms with Crippen molar-refractivity contribution in [3.63, 3.8) is 0 Å². The van der Waals surface area contributed by atoms with Crippen LogP contribution in [0.2, 0.25) is 0 Å². The topological polar surface area (TPSA) is 66.2 Å². The highest BCUT2D eigenvalue weighted by Gasteiger charge is 2.12. The van der Waals surface area contributed by atoms with Crippen LogP contribution in [0.1, 0.15) is 17.9 Å². The van der Waals surface area contributed by atoms with E-state index in [1.54, 1.807) is 42.5 Å². The minimum atomic E-state index is -1.29. The van der Waals surface area contributed by atoms with Gasteiger partial charge in [0.1, 0.15) is 11.3 Å². The van der Waals surface area contributed by atoms with Gasteiger partial charge in [-0.2, -0.15) is 0 Å². The van der Waals surface area contributed by atoms with Crippen LogP contribution in [-0.4, -0.2) is 11.0 Å². The van der Waals surface area contributed by atoms with E-state index in [4.69, 9.17) is 4.42 Å². The second-order valence-electron chi connectivity index (χ2n) is 4.73. The monoisotopic (exact) mass is 296 g/mol. The Kier molecular flexibility index (Phi) is 3.70. The zero-order chi connectivity index (χ0) is 15.5. The molecule has 0 radical (unpaired) electrons. The lowest BCUT2D eigenvalue weighted by Gasteiger charge is -2.05. The first-order valence-corrected chi connectivity index (χ1v) is 6.64. The first-order valence-electron chi connectivity index (χ1n) is 6.64. The van der Waals surface area contributed by atoms with Gasteiger partial charge >= 0.3 is 0 Å². The van der Waals surface area contributed by atoms with E-state index in [0.29, 0.717) is 11.1 Å². The number of fused-ring (bicyclic) bond motifs is 1. The summed E-state index contributed by atoms with van der Waals surface area (Å²) in [5.74, 6) is -1.59. The molecule has 3 rings (SSSR count). The molecule has 2 aromatic carbocycles. The van der Waals surface area contributed by atoms with Crippen molar-refractivity contribution in [1.82, 2.24) is 4.98 Å². The van der Waals surface area contributed by atoms with E-state index in [1.165, 1.54) is 12.1 Å². The molecule has 0 spiro atoms. The Balaban J connectivity index is 2.10. The van der Waals surface area contributed by atoms with Crippen LogP contribution in [0.5, 0.6) is 0 Å². The molecule has 0 unspecified atom stereocenters. The maximum absolute atomic E-state index is 13.7. The van der Waals surface area contributed by atoms with Crippen molar-refractivity contribution in [1.29, 1.82) is 0 Å². The molecule has 0 atom stereocenters. The van der Waals surface area contributed by atoms with Gasteiger partial charge in [-0.3, -0.25) is 0 Å². The quantitative estimate of drug-likeness (QED) is 0.742. The molecule has 110 valence electrons. The van der Waals surface area contributed by atoms with Crippen molar-refractivity contribution in [2.45, 2.75) is 6.42 Å². The van der Waals surface area contributed by atoms with Crippen molar-refractivity contribution in [2.75, 3.05) is 0 Å². The molecular weight excluding hydrogens is 285 g/mol. The van der Waals surface area contributed by atoms with Crippen LogP contribution in [0.25, 0.3) is 22.7 Å². The number of hydrogen-bond acceptors (Lipinski definition) is 4. The lowest BCUT2D eigenvalue weighted by molar-refractivity contribution is -0.304. The van der Waals surface area contributed by atoms with Gasteiger partial charge in [-0.1, -0.05) is 30.3 Å². The summed E-state index contributed by atoms with van der Waals surface area (Å²) in [5.41, 5.74) is 1.66. The maximum atomic E-state index is 13.7. The number of hydrogen-bond donors (Lipinski definition) is 0. The highest BCUT2D eigenvalue weighted by atomic mass is 19.1. The summed E-state index contributed by atoms with van der Waals surface area (Å²) in [4.78, 5) is 15.2. The van der Waals surface area contributed by atoms with Crippen molar-refractivity contribution in [2.24, 2.45) is 0 Å². The van der Waals surface area contributed by atoms with E-state index >= 15 is 0 Å². The second kappa shape index (κ2) is 5.81. The van der Waals surface area contributed by atoms with Gasteiger partial charge in [-0.15, -0.1) is 0 Å². The van der Waals surface area contributed by atoms with E-state index in [-0.39, 0.29) is 17.0 Å².